The molecule has 0 spiro atoms. The Balaban J connectivity index is 1.63. The van der Waals surface area contributed by atoms with Crippen LogP contribution in [0.25, 0.3) is 22.1 Å². The number of rotatable bonds is 6. The van der Waals surface area contributed by atoms with Gasteiger partial charge in [0.15, 0.2) is 12.4 Å². The van der Waals surface area contributed by atoms with Crippen molar-refractivity contribution in [3.63, 3.8) is 0 Å². The maximum atomic E-state index is 12.9. The molecule has 0 radical (unpaired) electrons. The summed E-state index contributed by atoms with van der Waals surface area (Å²) in [6.45, 7) is -0.205. The van der Waals surface area contributed by atoms with Gasteiger partial charge in [0.25, 0.3) is 0 Å². The SMILES string of the molecule is COc1ccc(-c2coc3cc(OCC(=O)c4ccccc4)cc(O)c3c2=O)cc1. The third-order valence-electron chi connectivity index (χ3n) is 4.70. The van der Waals surface area contributed by atoms with Crippen LogP contribution in [0, 0.1) is 0 Å². The molecule has 0 amide bonds. The molecule has 3 aromatic carbocycles. The van der Waals surface area contributed by atoms with Gasteiger partial charge in [-0.25, -0.2) is 0 Å². The summed E-state index contributed by atoms with van der Waals surface area (Å²) in [6.07, 6.45) is 1.34. The number of hydrogen-bond acceptors (Lipinski definition) is 6. The summed E-state index contributed by atoms with van der Waals surface area (Å²) in [5.41, 5.74) is 1.27. The Morgan fingerprint density at radius 2 is 1.73 bits per heavy atom. The largest absolute Gasteiger partial charge is 0.507 e. The first-order valence-corrected chi connectivity index (χ1v) is 9.21. The highest BCUT2D eigenvalue weighted by Crippen LogP contribution is 2.30. The summed E-state index contributed by atoms with van der Waals surface area (Å²) in [7, 11) is 1.56. The average molecular weight is 402 g/mol. The fourth-order valence-corrected chi connectivity index (χ4v) is 3.12. The third kappa shape index (κ3) is 3.75. The van der Waals surface area contributed by atoms with E-state index in [9.17, 15) is 14.7 Å². The molecule has 1 N–H and O–H groups in total. The molecule has 0 unspecified atom stereocenters. The third-order valence-corrected chi connectivity index (χ3v) is 4.70. The van der Waals surface area contributed by atoms with Gasteiger partial charge in [-0.2, -0.15) is 0 Å². The van der Waals surface area contributed by atoms with Gasteiger partial charge in [-0.1, -0.05) is 42.5 Å². The average Bonchev–Trinajstić information content (AvgIpc) is 2.78. The second-order valence-electron chi connectivity index (χ2n) is 6.60. The quantitative estimate of drug-likeness (QED) is 0.480. The van der Waals surface area contributed by atoms with Crippen molar-refractivity contribution in [2.24, 2.45) is 0 Å². The number of aromatic hydroxyl groups is 1. The van der Waals surface area contributed by atoms with Crippen molar-refractivity contribution >= 4 is 16.8 Å². The number of methoxy groups -OCH3 is 1. The minimum absolute atomic E-state index is 0.0463. The molecule has 4 aromatic rings. The Kier molecular flexibility index (Phi) is 5.22. The summed E-state index contributed by atoms with van der Waals surface area (Å²) in [5, 5.41) is 10.5. The lowest BCUT2D eigenvalue weighted by Crippen LogP contribution is -2.11. The van der Waals surface area contributed by atoms with Crippen LogP contribution in [0.1, 0.15) is 10.4 Å². The van der Waals surface area contributed by atoms with E-state index >= 15 is 0 Å². The van der Waals surface area contributed by atoms with Crippen LogP contribution < -0.4 is 14.9 Å². The first-order chi connectivity index (χ1) is 14.6. The zero-order valence-electron chi connectivity index (χ0n) is 16.1. The number of hydrogen-bond donors (Lipinski definition) is 1. The molecule has 0 fully saturated rings. The van der Waals surface area contributed by atoms with E-state index in [1.54, 1.807) is 55.6 Å². The summed E-state index contributed by atoms with van der Waals surface area (Å²) in [6, 6.07) is 18.5. The van der Waals surface area contributed by atoms with Gasteiger partial charge in [-0.05, 0) is 17.7 Å². The number of ketones is 1. The van der Waals surface area contributed by atoms with E-state index in [-0.39, 0.29) is 40.3 Å². The normalized spacial score (nSPS) is 10.7. The van der Waals surface area contributed by atoms with Gasteiger partial charge in [0.1, 0.15) is 34.5 Å². The molecule has 4 rings (SSSR count). The first kappa shape index (κ1) is 19.3. The highest BCUT2D eigenvalue weighted by molar-refractivity contribution is 5.97. The van der Waals surface area contributed by atoms with Crippen molar-refractivity contribution in [2.45, 2.75) is 0 Å². The van der Waals surface area contributed by atoms with Crippen LogP contribution in [0.5, 0.6) is 17.2 Å². The highest BCUT2D eigenvalue weighted by Gasteiger charge is 2.15. The van der Waals surface area contributed by atoms with Crippen molar-refractivity contribution in [1.29, 1.82) is 0 Å². The number of fused-ring (bicyclic) bond motifs is 1. The van der Waals surface area contributed by atoms with Crippen molar-refractivity contribution in [2.75, 3.05) is 13.7 Å². The molecule has 0 saturated heterocycles. The van der Waals surface area contributed by atoms with Crippen molar-refractivity contribution in [1.82, 2.24) is 0 Å². The topological polar surface area (TPSA) is 86.0 Å². The Bertz CT molecular complexity index is 1260. The molecule has 0 aliphatic heterocycles. The van der Waals surface area contributed by atoms with Gasteiger partial charge in [0.2, 0.25) is 5.43 Å². The maximum Gasteiger partial charge on any atom is 0.204 e. The lowest BCUT2D eigenvalue weighted by molar-refractivity contribution is 0.0921. The number of Topliss-reactive ketones (excluding diaryl/α,β-unsaturated/α-hetero) is 1. The molecule has 30 heavy (non-hydrogen) atoms. The molecule has 0 atom stereocenters. The molecule has 0 aliphatic rings. The van der Waals surface area contributed by atoms with Crippen LogP contribution in [0.4, 0.5) is 0 Å². The van der Waals surface area contributed by atoms with Crippen LogP contribution in [0.2, 0.25) is 0 Å². The van der Waals surface area contributed by atoms with Gasteiger partial charge in [-0.15, -0.1) is 0 Å². The number of ether oxygens (including phenoxy) is 2. The molecule has 0 bridgehead atoms. The van der Waals surface area contributed by atoms with Crippen LogP contribution >= 0.6 is 0 Å². The van der Waals surface area contributed by atoms with E-state index in [1.165, 1.54) is 18.4 Å². The highest BCUT2D eigenvalue weighted by atomic mass is 16.5. The molecule has 0 aliphatic carbocycles. The fourth-order valence-electron chi connectivity index (χ4n) is 3.12. The van der Waals surface area contributed by atoms with Gasteiger partial charge >= 0.3 is 0 Å². The molecule has 1 heterocycles. The van der Waals surface area contributed by atoms with Crippen LogP contribution in [-0.4, -0.2) is 24.6 Å². The Hall–Kier alpha value is -4.06. The number of phenols is 1. The second-order valence-corrected chi connectivity index (χ2v) is 6.60. The maximum absolute atomic E-state index is 12.9. The van der Waals surface area contributed by atoms with Crippen molar-refractivity contribution in [3.05, 3.63) is 88.8 Å². The van der Waals surface area contributed by atoms with E-state index in [1.807, 2.05) is 6.07 Å². The zero-order valence-corrected chi connectivity index (χ0v) is 16.1. The molecular formula is C24H18O6. The van der Waals surface area contributed by atoms with Gasteiger partial charge < -0.3 is 19.0 Å². The van der Waals surface area contributed by atoms with Gasteiger partial charge in [0.05, 0.1) is 12.7 Å². The Morgan fingerprint density at radius 3 is 2.43 bits per heavy atom. The van der Waals surface area contributed by atoms with E-state index in [0.717, 1.165) is 0 Å². The smallest absolute Gasteiger partial charge is 0.204 e. The van der Waals surface area contributed by atoms with Crippen LogP contribution in [0.15, 0.2) is 82.2 Å². The predicted molar refractivity (Wildman–Crippen MR) is 112 cm³/mol. The van der Waals surface area contributed by atoms with Gasteiger partial charge in [-0.3, -0.25) is 9.59 Å². The van der Waals surface area contributed by atoms with E-state index in [0.29, 0.717) is 22.4 Å². The molecule has 6 nitrogen and oxygen atoms in total. The first-order valence-electron chi connectivity index (χ1n) is 9.21. The summed E-state index contributed by atoms with van der Waals surface area (Å²) in [4.78, 5) is 25.1. The lowest BCUT2D eigenvalue weighted by Gasteiger charge is -2.09. The Morgan fingerprint density at radius 1 is 1.00 bits per heavy atom. The summed E-state index contributed by atoms with van der Waals surface area (Å²) < 4.78 is 16.2. The molecule has 1 aromatic heterocycles. The number of benzene rings is 3. The summed E-state index contributed by atoms with van der Waals surface area (Å²) >= 11 is 0. The zero-order chi connectivity index (χ0) is 21.1. The number of carbonyl (C=O) groups is 1. The minimum atomic E-state index is -0.370. The van der Waals surface area contributed by atoms with Crippen LogP contribution in [-0.2, 0) is 0 Å². The lowest BCUT2D eigenvalue weighted by atomic mass is 10.0. The van der Waals surface area contributed by atoms with Crippen molar-refractivity contribution < 1.29 is 23.8 Å². The molecule has 6 heteroatoms. The predicted octanol–water partition coefficient (Wildman–Crippen LogP) is 4.44. The van der Waals surface area contributed by atoms with E-state index in [2.05, 4.69) is 0 Å². The number of carbonyl (C=O) groups excluding carboxylic acids is 1. The standard InChI is InChI=1S/C24H18O6/c1-28-17-9-7-15(8-10-17)19-13-30-22-12-18(11-20(25)23(22)24(19)27)29-14-21(26)16-5-3-2-4-6-16/h2-13,25H,14H2,1H3. The number of phenolic OH excluding ortho intramolecular Hbond substituents is 1. The Labute approximate surface area is 171 Å². The van der Waals surface area contributed by atoms with Gasteiger partial charge in [0, 0.05) is 17.7 Å². The fraction of sp³-hybridized carbons (Fsp3) is 0.0833. The molecule has 0 saturated carbocycles. The summed E-state index contributed by atoms with van der Waals surface area (Å²) in [5.74, 6) is 0.411. The molecular weight excluding hydrogens is 384 g/mol. The molecule has 150 valence electrons. The van der Waals surface area contributed by atoms with E-state index < -0.39 is 0 Å². The van der Waals surface area contributed by atoms with E-state index in [4.69, 9.17) is 13.9 Å². The van der Waals surface area contributed by atoms with Crippen LogP contribution in [0.3, 0.4) is 0 Å². The monoisotopic (exact) mass is 402 g/mol. The van der Waals surface area contributed by atoms with Crippen molar-refractivity contribution in [3.8, 4) is 28.4 Å². The minimum Gasteiger partial charge on any atom is -0.507 e. The second kappa shape index (κ2) is 8.13.